The molecule has 1 aliphatic heterocycles. The van der Waals surface area contributed by atoms with Crippen molar-refractivity contribution in [2.45, 2.75) is 19.5 Å². The summed E-state index contributed by atoms with van der Waals surface area (Å²) in [4.78, 5) is 2.34. The Morgan fingerprint density at radius 1 is 1.10 bits per heavy atom. The smallest absolute Gasteiger partial charge is 0.124 e. The number of nitrogens with zero attached hydrogens (tertiary/aromatic N) is 1. The first kappa shape index (κ1) is 13.0. The van der Waals surface area contributed by atoms with Gasteiger partial charge in [0.25, 0.3) is 0 Å². The Morgan fingerprint density at radius 2 is 1.85 bits per heavy atom. The van der Waals surface area contributed by atoms with Crippen molar-refractivity contribution in [3.05, 3.63) is 59.7 Å². The highest BCUT2D eigenvalue weighted by atomic mass is 16.5. The van der Waals surface area contributed by atoms with Gasteiger partial charge in [0.2, 0.25) is 0 Å². The van der Waals surface area contributed by atoms with Crippen LogP contribution in [0, 0.1) is 0 Å². The average molecular weight is 268 g/mol. The molecule has 3 rings (SSSR count). The Balaban J connectivity index is 1.84. The van der Waals surface area contributed by atoms with Crippen LogP contribution in [0.1, 0.15) is 24.1 Å². The van der Waals surface area contributed by atoms with Crippen LogP contribution in [0.15, 0.2) is 48.5 Å². The Morgan fingerprint density at radius 3 is 2.60 bits per heavy atom. The molecule has 3 nitrogen and oxygen atoms in total. The van der Waals surface area contributed by atoms with Crippen molar-refractivity contribution in [1.82, 2.24) is 0 Å². The van der Waals surface area contributed by atoms with Gasteiger partial charge in [-0.15, -0.1) is 0 Å². The van der Waals surface area contributed by atoms with E-state index >= 15 is 0 Å². The highest BCUT2D eigenvalue weighted by Crippen LogP contribution is 2.26. The zero-order valence-corrected chi connectivity index (χ0v) is 11.8. The summed E-state index contributed by atoms with van der Waals surface area (Å²) in [5, 5.41) is 0. The van der Waals surface area contributed by atoms with E-state index in [1.807, 2.05) is 19.1 Å². The van der Waals surface area contributed by atoms with E-state index in [0.717, 1.165) is 18.8 Å². The summed E-state index contributed by atoms with van der Waals surface area (Å²) in [5.74, 6) is 1.00. The van der Waals surface area contributed by atoms with Gasteiger partial charge >= 0.3 is 0 Å². The third-order valence-electron chi connectivity index (χ3n) is 3.74. The van der Waals surface area contributed by atoms with Gasteiger partial charge in [-0.05, 0) is 30.7 Å². The molecule has 0 spiro atoms. The molecule has 0 unspecified atom stereocenters. The molecular weight excluding hydrogens is 248 g/mol. The van der Waals surface area contributed by atoms with Crippen molar-refractivity contribution < 1.29 is 4.74 Å². The van der Waals surface area contributed by atoms with E-state index in [9.17, 15) is 0 Å². The van der Waals surface area contributed by atoms with E-state index in [-0.39, 0.29) is 6.04 Å². The molecule has 0 saturated heterocycles. The first-order chi connectivity index (χ1) is 9.74. The van der Waals surface area contributed by atoms with E-state index in [0.29, 0.717) is 6.61 Å². The Hall–Kier alpha value is -2.00. The molecule has 1 atom stereocenters. The standard InChI is InChI=1S/C17H20N2O/c1-13(18)14-6-8-16(9-7-14)19-10-11-20-17-5-3-2-4-15(17)12-19/h2-9,13H,10-12,18H2,1H3/t13-/m1/s1. The fraction of sp³-hybridized carbons (Fsp3) is 0.294. The molecule has 1 aliphatic rings. The fourth-order valence-corrected chi connectivity index (χ4v) is 2.53. The summed E-state index contributed by atoms with van der Waals surface area (Å²) in [6.45, 7) is 4.50. The SMILES string of the molecule is C[C@@H](N)c1ccc(N2CCOc3ccccc3C2)cc1. The number of benzene rings is 2. The van der Waals surface area contributed by atoms with Crippen molar-refractivity contribution in [2.75, 3.05) is 18.1 Å². The van der Waals surface area contributed by atoms with E-state index in [2.05, 4.69) is 41.3 Å². The molecule has 0 aromatic heterocycles. The monoisotopic (exact) mass is 268 g/mol. The predicted octanol–water partition coefficient (Wildman–Crippen LogP) is 3.11. The number of para-hydroxylation sites is 1. The topological polar surface area (TPSA) is 38.5 Å². The van der Waals surface area contributed by atoms with Gasteiger partial charge in [0.15, 0.2) is 0 Å². The summed E-state index contributed by atoms with van der Waals surface area (Å²) in [6, 6.07) is 16.8. The minimum atomic E-state index is 0.0808. The van der Waals surface area contributed by atoms with Gasteiger partial charge in [-0.2, -0.15) is 0 Å². The quantitative estimate of drug-likeness (QED) is 0.909. The molecule has 0 bridgehead atoms. The van der Waals surface area contributed by atoms with Crippen molar-refractivity contribution in [3.63, 3.8) is 0 Å². The van der Waals surface area contributed by atoms with Gasteiger partial charge in [0.05, 0.1) is 6.54 Å². The summed E-state index contributed by atoms with van der Waals surface area (Å²) < 4.78 is 5.80. The predicted molar refractivity (Wildman–Crippen MR) is 82.0 cm³/mol. The van der Waals surface area contributed by atoms with E-state index in [1.165, 1.54) is 16.8 Å². The summed E-state index contributed by atoms with van der Waals surface area (Å²) >= 11 is 0. The van der Waals surface area contributed by atoms with E-state index < -0.39 is 0 Å². The lowest BCUT2D eigenvalue weighted by molar-refractivity contribution is 0.331. The highest BCUT2D eigenvalue weighted by molar-refractivity contribution is 5.50. The zero-order valence-electron chi connectivity index (χ0n) is 11.8. The maximum absolute atomic E-state index is 5.90. The minimum absolute atomic E-state index is 0.0808. The lowest BCUT2D eigenvalue weighted by Crippen LogP contribution is -2.25. The van der Waals surface area contributed by atoms with Crippen LogP contribution in [0.25, 0.3) is 0 Å². The number of hydrogen-bond acceptors (Lipinski definition) is 3. The van der Waals surface area contributed by atoms with Crippen molar-refractivity contribution >= 4 is 5.69 Å². The molecule has 0 aliphatic carbocycles. The number of rotatable bonds is 2. The van der Waals surface area contributed by atoms with E-state index in [4.69, 9.17) is 10.5 Å². The van der Waals surface area contributed by atoms with Gasteiger partial charge in [-0.3, -0.25) is 0 Å². The minimum Gasteiger partial charge on any atom is -0.491 e. The van der Waals surface area contributed by atoms with Crippen LogP contribution in [0.3, 0.4) is 0 Å². The van der Waals surface area contributed by atoms with Crippen molar-refractivity contribution in [2.24, 2.45) is 5.73 Å². The van der Waals surface area contributed by atoms with Gasteiger partial charge in [-0.1, -0.05) is 30.3 Å². The van der Waals surface area contributed by atoms with Crippen molar-refractivity contribution in [3.8, 4) is 5.75 Å². The van der Waals surface area contributed by atoms with Crippen LogP contribution >= 0.6 is 0 Å². The molecule has 0 fully saturated rings. The number of hydrogen-bond donors (Lipinski definition) is 1. The molecule has 0 radical (unpaired) electrons. The number of fused-ring (bicyclic) bond motifs is 1. The molecular formula is C17H20N2O. The third-order valence-corrected chi connectivity index (χ3v) is 3.74. The average Bonchev–Trinajstić information content (AvgIpc) is 2.69. The molecule has 2 aromatic rings. The number of ether oxygens (including phenoxy) is 1. The molecule has 3 heteroatoms. The maximum atomic E-state index is 5.90. The highest BCUT2D eigenvalue weighted by Gasteiger charge is 2.15. The molecule has 20 heavy (non-hydrogen) atoms. The Labute approximate surface area is 120 Å². The first-order valence-electron chi connectivity index (χ1n) is 7.05. The molecule has 2 N–H and O–H groups in total. The van der Waals surface area contributed by atoms with Gasteiger partial charge < -0.3 is 15.4 Å². The largest absolute Gasteiger partial charge is 0.491 e. The second-order valence-electron chi connectivity index (χ2n) is 5.26. The summed E-state index contributed by atoms with van der Waals surface area (Å²) in [6.07, 6.45) is 0. The van der Waals surface area contributed by atoms with Crippen LogP contribution in [0.5, 0.6) is 5.75 Å². The van der Waals surface area contributed by atoms with Crippen LogP contribution in [0.4, 0.5) is 5.69 Å². The summed E-state index contributed by atoms with van der Waals surface area (Å²) in [7, 11) is 0. The van der Waals surface area contributed by atoms with Crippen molar-refractivity contribution in [1.29, 1.82) is 0 Å². The van der Waals surface area contributed by atoms with Gasteiger partial charge in [-0.25, -0.2) is 0 Å². The molecule has 0 amide bonds. The first-order valence-corrected chi connectivity index (χ1v) is 7.05. The fourth-order valence-electron chi connectivity index (χ4n) is 2.53. The van der Waals surface area contributed by atoms with Crippen LogP contribution in [-0.4, -0.2) is 13.2 Å². The van der Waals surface area contributed by atoms with Gasteiger partial charge in [0.1, 0.15) is 12.4 Å². The summed E-state index contributed by atoms with van der Waals surface area (Å²) in [5.41, 5.74) is 9.52. The zero-order chi connectivity index (χ0) is 13.9. The lowest BCUT2D eigenvalue weighted by atomic mass is 10.1. The van der Waals surface area contributed by atoms with Crippen LogP contribution in [-0.2, 0) is 6.54 Å². The molecule has 104 valence electrons. The molecule has 0 saturated carbocycles. The van der Waals surface area contributed by atoms with E-state index in [1.54, 1.807) is 0 Å². The normalized spacial score (nSPS) is 16.0. The maximum Gasteiger partial charge on any atom is 0.124 e. The third kappa shape index (κ3) is 2.63. The Bertz CT molecular complexity index is 578. The number of anilines is 1. The molecule has 1 heterocycles. The van der Waals surface area contributed by atoms with Crippen LogP contribution in [0.2, 0.25) is 0 Å². The lowest BCUT2D eigenvalue weighted by Gasteiger charge is -2.22. The second-order valence-corrected chi connectivity index (χ2v) is 5.26. The number of nitrogens with two attached hydrogens (primary N) is 1. The molecule has 2 aromatic carbocycles. The Kier molecular flexibility index (Phi) is 3.61. The van der Waals surface area contributed by atoms with Crippen LogP contribution < -0.4 is 15.4 Å². The van der Waals surface area contributed by atoms with Gasteiger partial charge in [0, 0.05) is 23.8 Å². The second kappa shape index (κ2) is 5.55.